The topological polar surface area (TPSA) is 74.5 Å². The number of rotatable bonds is 9. The molecule has 0 fully saturated rings. The summed E-state index contributed by atoms with van der Waals surface area (Å²) in [6.07, 6.45) is 4.64. The van der Waals surface area contributed by atoms with Gasteiger partial charge in [0.1, 0.15) is 11.4 Å². The van der Waals surface area contributed by atoms with Crippen LogP contribution in [0, 0.1) is 0 Å². The third-order valence-corrected chi connectivity index (χ3v) is 5.70. The molecule has 3 aromatic rings. The molecule has 0 amide bonds. The summed E-state index contributed by atoms with van der Waals surface area (Å²) in [5, 5.41) is 19.2. The van der Waals surface area contributed by atoms with E-state index >= 15 is 0 Å². The second-order valence-corrected chi connectivity index (χ2v) is 8.03. The van der Waals surface area contributed by atoms with Gasteiger partial charge in [0.15, 0.2) is 5.96 Å². The van der Waals surface area contributed by atoms with Crippen molar-refractivity contribution in [1.29, 1.82) is 0 Å². The van der Waals surface area contributed by atoms with Gasteiger partial charge in [-0.25, -0.2) is 9.98 Å². The lowest BCUT2D eigenvalue weighted by Gasteiger charge is -2.20. The molecule has 2 heterocycles. The smallest absolute Gasteiger partial charge is 0.191 e. The van der Waals surface area contributed by atoms with Crippen molar-refractivity contribution >= 4 is 17.3 Å². The normalized spacial score (nSPS) is 13.8. The summed E-state index contributed by atoms with van der Waals surface area (Å²) in [5.74, 6) is 1.73. The van der Waals surface area contributed by atoms with Crippen LogP contribution in [0.25, 0.3) is 0 Å². The highest BCUT2D eigenvalue weighted by atomic mass is 32.1. The third kappa shape index (κ3) is 6.17. The quantitative estimate of drug-likeness (QED) is 0.374. The lowest BCUT2D eigenvalue weighted by atomic mass is 10.1. The van der Waals surface area contributed by atoms with Crippen LogP contribution in [0.5, 0.6) is 0 Å². The fourth-order valence-electron chi connectivity index (χ4n) is 3.02. The number of hydrogen-bond donors (Lipinski definition) is 3. The van der Waals surface area contributed by atoms with E-state index in [1.54, 1.807) is 18.3 Å². The summed E-state index contributed by atoms with van der Waals surface area (Å²) in [6, 6.07) is 14.3. The van der Waals surface area contributed by atoms with Crippen LogP contribution < -0.4 is 10.6 Å². The average molecular weight is 412 g/mol. The van der Waals surface area contributed by atoms with Gasteiger partial charge in [-0.15, -0.1) is 11.3 Å². The molecule has 154 valence electrons. The number of hydrogen-bond acceptors (Lipinski definition) is 4. The monoisotopic (exact) mass is 411 g/mol. The molecule has 3 N–H and O–H groups in total. The van der Waals surface area contributed by atoms with Crippen molar-refractivity contribution in [2.75, 3.05) is 19.6 Å². The Balaban J connectivity index is 1.55. The van der Waals surface area contributed by atoms with Gasteiger partial charge in [0.2, 0.25) is 0 Å². The van der Waals surface area contributed by atoms with Crippen molar-refractivity contribution in [3.63, 3.8) is 0 Å². The number of benzene rings is 1. The van der Waals surface area contributed by atoms with E-state index in [-0.39, 0.29) is 0 Å². The molecule has 0 bridgehead atoms. The summed E-state index contributed by atoms with van der Waals surface area (Å²) in [5.41, 5.74) is 0.285. The van der Waals surface area contributed by atoms with E-state index in [4.69, 9.17) is 0 Å². The van der Waals surface area contributed by atoms with Crippen LogP contribution in [0.4, 0.5) is 0 Å². The fraction of sp³-hybridized carbons (Fsp3) is 0.364. The second-order valence-electron chi connectivity index (χ2n) is 7.08. The number of aliphatic hydroxyl groups is 1. The summed E-state index contributed by atoms with van der Waals surface area (Å²) < 4.78 is 2.17. The fourth-order valence-corrected chi connectivity index (χ4v) is 3.80. The first kappa shape index (κ1) is 21.1. The van der Waals surface area contributed by atoms with Crippen molar-refractivity contribution in [2.45, 2.75) is 32.4 Å². The van der Waals surface area contributed by atoms with Gasteiger partial charge in [0.25, 0.3) is 0 Å². The van der Waals surface area contributed by atoms with Crippen LogP contribution in [-0.4, -0.2) is 40.3 Å². The molecule has 1 unspecified atom stereocenters. The molecule has 1 atom stereocenters. The van der Waals surface area contributed by atoms with Crippen LogP contribution >= 0.6 is 11.3 Å². The molecule has 0 aliphatic heterocycles. The predicted octanol–water partition coefficient (Wildman–Crippen LogP) is 3.00. The van der Waals surface area contributed by atoms with E-state index in [9.17, 15) is 5.11 Å². The van der Waals surface area contributed by atoms with Gasteiger partial charge < -0.3 is 20.3 Å². The van der Waals surface area contributed by atoms with E-state index in [1.807, 2.05) is 42.9 Å². The summed E-state index contributed by atoms with van der Waals surface area (Å²) in [6.45, 7) is 6.40. The van der Waals surface area contributed by atoms with Crippen LogP contribution in [0.3, 0.4) is 0 Å². The van der Waals surface area contributed by atoms with E-state index in [0.29, 0.717) is 19.0 Å². The molecular weight excluding hydrogens is 382 g/mol. The number of aliphatic imine (C=N–C) groups is 1. The summed E-state index contributed by atoms with van der Waals surface area (Å²) in [4.78, 5) is 9.99. The number of guanidine groups is 1. The molecule has 2 aromatic heterocycles. The molecular formula is C22H29N5OS. The second kappa shape index (κ2) is 10.2. The average Bonchev–Trinajstić information content (AvgIpc) is 3.40. The van der Waals surface area contributed by atoms with Crippen LogP contribution in [-0.2, 0) is 18.6 Å². The van der Waals surface area contributed by atoms with Gasteiger partial charge in [-0.1, -0.05) is 36.4 Å². The minimum atomic E-state index is -0.970. The van der Waals surface area contributed by atoms with E-state index < -0.39 is 5.60 Å². The molecule has 29 heavy (non-hydrogen) atoms. The molecule has 7 heteroatoms. The van der Waals surface area contributed by atoms with Crippen LogP contribution in [0.15, 0.2) is 65.2 Å². The number of thiophene rings is 1. The third-order valence-electron chi connectivity index (χ3n) is 4.58. The number of imidazole rings is 1. The highest BCUT2D eigenvalue weighted by Gasteiger charge is 2.24. The predicted molar refractivity (Wildman–Crippen MR) is 119 cm³/mol. The Bertz CT molecular complexity index is 887. The maximum absolute atomic E-state index is 10.7. The Morgan fingerprint density at radius 1 is 1.21 bits per heavy atom. The van der Waals surface area contributed by atoms with Crippen molar-refractivity contribution in [2.24, 2.45) is 4.99 Å². The first-order valence-electron chi connectivity index (χ1n) is 9.91. The van der Waals surface area contributed by atoms with Gasteiger partial charge in [-0.3, -0.25) is 0 Å². The minimum Gasteiger partial charge on any atom is -0.383 e. The molecule has 0 saturated carbocycles. The zero-order chi connectivity index (χ0) is 20.5. The maximum Gasteiger partial charge on any atom is 0.191 e. The van der Waals surface area contributed by atoms with E-state index in [2.05, 4.69) is 49.4 Å². The van der Waals surface area contributed by atoms with Gasteiger partial charge in [0, 0.05) is 43.3 Å². The molecule has 0 aliphatic rings. The van der Waals surface area contributed by atoms with Gasteiger partial charge in [-0.2, -0.15) is 0 Å². The van der Waals surface area contributed by atoms with Gasteiger partial charge in [0.05, 0.1) is 6.54 Å². The molecule has 0 spiro atoms. The Labute approximate surface area is 176 Å². The van der Waals surface area contributed by atoms with Gasteiger partial charge >= 0.3 is 0 Å². The van der Waals surface area contributed by atoms with Gasteiger partial charge in [-0.05, 0) is 30.9 Å². The number of aromatic nitrogens is 2. The maximum atomic E-state index is 10.7. The Hall–Kier alpha value is -2.64. The molecule has 6 nitrogen and oxygen atoms in total. The van der Waals surface area contributed by atoms with Crippen molar-refractivity contribution < 1.29 is 5.11 Å². The Morgan fingerprint density at radius 3 is 2.76 bits per heavy atom. The minimum absolute atomic E-state index is 0.297. The summed E-state index contributed by atoms with van der Waals surface area (Å²) in [7, 11) is 0. The first-order chi connectivity index (χ1) is 14.1. The molecule has 0 saturated heterocycles. The lowest BCUT2D eigenvalue weighted by Crippen LogP contribution is -2.39. The zero-order valence-corrected chi connectivity index (χ0v) is 17.8. The largest absolute Gasteiger partial charge is 0.383 e. The molecule has 0 radical (unpaired) electrons. The highest BCUT2D eigenvalue weighted by Crippen LogP contribution is 2.25. The van der Waals surface area contributed by atoms with Crippen molar-refractivity contribution in [3.8, 4) is 0 Å². The first-order valence-corrected chi connectivity index (χ1v) is 10.8. The Kier molecular flexibility index (Phi) is 7.43. The van der Waals surface area contributed by atoms with Crippen LogP contribution in [0.1, 0.15) is 30.1 Å². The Morgan fingerprint density at radius 2 is 2.03 bits per heavy atom. The SMILES string of the molecule is CCNC(=NCC(C)(O)c1cccs1)NCCc1nccn1Cc1ccccc1. The zero-order valence-electron chi connectivity index (χ0n) is 17.0. The molecule has 0 aliphatic carbocycles. The lowest BCUT2D eigenvalue weighted by molar-refractivity contribution is 0.0711. The number of nitrogens with zero attached hydrogens (tertiary/aromatic N) is 3. The molecule has 3 rings (SSSR count). The van der Waals surface area contributed by atoms with Crippen LogP contribution in [0.2, 0.25) is 0 Å². The van der Waals surface area contributed by atoms with Crippen molar-refractivity contribution in [1.82, 2.24) is 20.2 Å². The highest BCUT2D eigenvalue weighted by molar-refractivity contribution is 7.10. The standard InChI is InChI=1S/C22H29N5OS/c1-3-23-21(26-17-22(2,28)19-10-7-15-29-19)25-12-11-20-24-13-14-27(20)16-18-8-5-4-6-9-18/h4-10,13-15,28H,3,11-12,16-17H2,1-2H3,(H2,23,25,26). The number of nitrogens with one attached hydrogen (secondary N) is 2. The summed E-state index contributed by atoms with van der Waals surface area (Å²) >= 11 is 1.54. The van der Waals surface area contributed by atoms with E-state index in [1.165, 1.54) is 5.56 Å². The molecule has 1 aromatic carbocycles. The van der Waals surface area contributed by atoms with Crippen molar-refractivity contribution in [3.05, 3.63) is 76.5 Å². The van der Waals surface area contributed by atoms with E-state index in [0.717, 1.165) is 30.2 Å².